The van der Waals surface area contributed by atoms with Crippen molar-refractivity contribution in [1.82, 2.24) is 15.5 Å². The molecule has 1 fully saturated rings. The highest BCUT2D eigenvalue weighted by Crippen LogP contribution is 2.18. The summed E-state index contributed by atoms with van der Waals surface area (Å²) >= 11 is 0. The molecule has 0 aromatic carbocycles. The highest BCUT2D eigenvalue weighted by molar-refractivity contribution is 14.0. The van der Waals surface area contributed by atoms with Crippen molar-refractivity contribution < 1.29 is 4.74 Å². The average molecular weight is 464 g/mol. The Morgan fingerprint density at radius 1 is 1.32 bits per heavy atom. The third-order valence-electron chi connectivity index (χ3n) is 5.02. The van der Waals surface area contributed by atoms with Crippen LogP contribution in [0.5, 0.6) is 0 Å². The number of hydrogen-bond acceptors (Lipinski definition) is 3. The Balaban J connectivity index is 0.00000312. The van der Waals surface area contributed by atoms with Crippen molar-refractivity contribution in [3.8, 4) is 0 Å². The van der Waals surface area contributed by atoms with Gasteiger partial charge in [0.1, 0.15) is 0 Å². The van der Waals surface area contributed by atoms with Gasteiger partial charge in [0, 0.05) is 25.7 Å². The Morgan fingerprint density at radius 3 is 2.92 bits per heavy atom. The molecule has 2 heterocycles. The van der Waals surface area contributed by atoms with Crippen LogP contribution in [-0.2, 0) is 4.74 Å². The van der Waals surface area contributed by atoms with Crippen molar-refractivity contribution in [1.29, 1.82) is 0 Å². The molecule has 2 N–H and O–H groups in total. The Bertz CT molecular complexity index is 414. The molecule has 146 valence electrons. The van der Waals surface area contributed by atoms with E-state index in [0.29, 0.717) is 0 Å². The summed E-state index contributed by atoms with van der Waals surface area (Å²) in [7, 11) is 0. The summed E-state index contributed by atoms with van der Waals surface area (Å²) in [4.78, 5) is 7.40. The topological polar surface area (TPSA) is 48.9 Å². The minimum Gasteiger partial charge on any atom is -0.377 e. The van der Waals surface area contributed by atoms with Gasteiger partial charge in [-0.2, -0.15) is 0 Å². The molecule has 0 spiro atoms. The highest BCUT2D eigenvalue weighted by atomic mass is 127. The van der Waals surface area contributed by atoms with Crippen molar-refractivity contribution >= 4 is 29.9 Å². The van der Waals surface area contributed by atoms with E-state index in [1.54, 1.807) is 0 Å². The van der Waals surface area contributed by atoms with Crippen LogP contribution in [0.4, 0.5) is 0 Å². The quantitative estimate of drug-likeness (QED) is 0.251. The summed E-state index contributed by atoms with van der Waals surface area (Å²) in [6.45, 7) is 11.1. The van der Waals surface area contributed by atoms with E-state index in [0.717, 1.165) is 64.2 Å². The van der Waals surface area contributed by atoms with E-state index in [1.165, 1.54) is 37.8 Å². The molecule has 1 saturated heterocycles. The van der Waals surface area contributed by atoms with Gasteiger partial charge in [-0.25, -0.2) is 0 Å². The van der Waals surface area contributed by atoms with E-state index in [1.807, 2.05) is 0 Å². The molecule has 2 aliphatic heterocycles. The summed E-state index contributed by atoms with van der Waals surface area (Å²) < 4.78 is 5.36. The molecule has 0 radical (unpaired) electrons. The van der Waals surface area contributed by atoms with Gasteiger partial charge in [0.25, 0.3) is 0 Å². The first-order chi connectivity index (χ1) is 11.8. The molecule has 0 saturated carbocycles. The fourth-order valence-corrected chi connectivity index (χ4v) is 3.58. The number of rotatable bonds is 8. The van der Waals surface area contributed by atoms with Crippen molar-refractivity contribution in [2.75, 3.05) is 45.9 Å². The van der Waals surface area contributed by atoms with Gasteiger partial charge in [-0.15, -0.1) is 24.0 Å². The smallest absolute Gasteiger partial charge is 0.191 e. The molecule has 1 atom stereocenters. The molecular formula is C19H37IN4O. The standard InChI is InChI=1S/C19H36N4O.HI/c1-3-18-7-5-6-13-23(18)14-12-22-19(20-4-2)21-11-8-17-9-15-24-16-10-17;/h9,18H,3-8,10-16H2,1-2H3,(H2,20,21,22);1H. The molecule has 0 bridgehead atoms. The van der Waals surface area contributed by atoms with Crippen LogP contribution in [0.15, 0.2) is 16.6 Å². The van der Waals surface area contributed by atoms with Gasteiger partial charge in [-0.1, -0.05) is 25.0 Å². The molecule has 6 heteroatoms. The fourth-order valence-electron chi connectivity index (χ4n) is 3.58. The van der Waals surface area contributed by atoms with Gasteiger partial charge in [0.15, 0.2) is 5.96 Å². The number of halogens is 1. The average Bonchev–Trinajstić information content (AvgIpc) is 2.63. The molecule has 0 amide bonds. The molecule has 0 aromatic heterocycles. The van der Waals surface area contributed by atoms with Gasteiger partial charge < -0.3 is 15.4 Å². The second-order valence-corrected chi connectivity index (χ2v) is 6.72. The summed E-state index contributed by atoms with van der Waals surface area (Å²) in [6.07, 6.45) is 9.73. The first kappa shape index (κ1) is 22.7. The van der Waals surface area contributed by atoms with Crippen LogP contribution in [0, 0.1) is 0 Å². The number of aliphatic imine (C=N–C) groups is 1. The first-order valence-corrected chi connectivity index (χ1v) is 9.85. The van der Waals surface area contributed by atoms with Crippen molar-refractivity contribution in [3.63, 3.8) is 0 Å². The number of nitrogens with zero attached hydrogens (tertiary/aromatic N) is 2. The van der Waals surface area contributed by atoms with E-state index >= 15 is 0 Å². The van der Waals surface area contributed by atoms with Crippen molar-refractivity contribution in [2.45, 2.75) is 58.4 Å². The lowest BCUT2D eigenvalue weighted by Crippen LogP contribution is -2.42. The first-order valence-electron chi connectivity index (χ1n) is 9.85. The van der Waals surface area contributed by atoms with Crippen LogP contribution in [0.25, 0.3) is 0 Å². The van der Waals surface area contributed by atoms with Crippen LogP contribution in [-0.4, -0.2) is 62.8 Å². The van der Waals surface area contributed by atoms with E-state index in [9.17, 15) is 0 Å². The number of guanidine groups is 1. The lowest BCUT2D eigenvalue weighted by atomic mass is 10.0. The zero-order chi connectivity index (χ0) is 17.0. The molecule has 1 unspecified atom stereocenters. The molecule has 2 aliphatic rings. The molecule has 5 nitrogen and oxygen atoms in total. The van der Waals surface area contributed by atoms with Gasteiger partial charge in [0.05, 0.1) is 19.8 Å². The molecular weight excluding hydrogens is 427 g/mol. The maximum atomic E-state index is 5.36. The zero-order valence-corrected chi connectivity index (χ0v) is 18.4. The van der Waals surface area contributed by atoms with Gasteiger partial charge in [0.2, 0.25) is 0 Å². The lowest BCUT2D eigenvalue weighted by Gasteiger charge is -2.34. The number of ether oxygens (including phenoxy) is 1. The van der Waals surface area contributed by atoms with Crippen LogP contribution in [0.1, 0.15) is 52.4 Å². The second kappa shape index (κ2) is 13.8. The Hall–Kier alpha value is -0.340. The van der Waals surface area contributed by atoms with E-state index in [4.69, 9.17) is 9.73 Å². The Labute approximate surface area is 171 Å². The summed E-state index contributed by atoms with van der Waals surface area (Å²) in [5, 5.41) is 6.83. The van der Waals surface area contributed by atoms with E-state index in [2.05, 4.69) is 35.5 Å². The number of piperidine rings is 1. The minimum atomic E-state index is 0. The fraction of sp³-hybridized carbons (Fsp3) is 0.842. The normalized spacial score (nSPS) is 22.1. The predicted molar refractivity (Wildman–Crippen MR) is 117 cm³/mol. The van der Waals surface area contributed by atoms with Crippen molar-refractivity contribution in [2.24, 2.45) is 4.99 Å². The Morgan fingerprint density at radius 2 is 2.20 bits per heavy atom. The summed E-state index contributed by atoms with van der Waals surface area (Å²) in [5.41, 5.74) is 1.50. The molecule has 0 aromatic rings. The number of likely N-dealkylation sites (tertiary alicyclic amines) is 1. The van der Waals surface area contributed by atoms with Crippen LogP contribution < -0.4 is 10.6 Å². The van der Waals surface area contributed by atoms with E-state index < -0.39 is 0 Å². The monoisotopic (exact) mass is 464 g/mol. The highest BCUT2D eigenvalue weighted by Gasteiger charge is 2.19. The van der Waals surface area contributed by atoms with Crippen LogP contribution in [0.3, 0.4) is 0 Å². The SMILES string of the molecule is CCNC(=NCCN1CCCCC1CC)NCCC1=CCOCC1.I. The summed E-state index contributed by atoms with van der Waals surface area (Å²) in [6, 6.07) is 0.768. The lowest BCUT2D eigenvalue weighted by molar-refractivity contribution is 0.148. The summed E-state index contributed by atoms with van der Waals surface area (Å²) in [5.74, 6) is 0.954. The Kier molecular flexibility index (Phi) is 12.5. The molecule has 2 rings (SSSR count). The molecule has 0 aliphatic carbocycles. The second-order valence-electron chi connectivity index (χ2n) is 6.72. The van der Waals surface area contributed by atoms with Crippen LogP contribution >= 0.6 is 24.0 Å². The van der Waals surface area contributed by atoms with Crippen LogP contribution in [0.2, 0.25) is 0 Å². The third-order valence-corrected chi connectivity index (χ3v) is 5.02. The molecule has 25 heavy (non-hydrogen) atoms. The maximum Gasteiger partial charge on any atom is 0.191 e. The number of hydrogen-bond donors (Lipinski definition) is 2. The zero-order valence-electron chi connectivity index (χ0n) is 16.1. The van der Waals surface area contributed by atoms with Crippen molar-refractivity contribution in [3.05, 3.63) is 11.6 Å². The van der Waals surface area contributed by atoms with Gasteiger partial charge >= 0.3 is 0 Å². The minimum absolute atomic E-state index is 0. The van der Waals surface area contributed by atoms with E-state index in [-0.39, 0.29) is 24.0 Å². The largest absolute Gasteiger partial charge is 0.377 e. The third kappa shape index (κ3) is 8.73. The predicted octanol–water partition coefficient (Wildman–Crippen LogP) is 3.16. The van der Waals surface area contributed by atoms with Gasteiger partial charge in [-0.3, -0.25) is 9.89 Å². The van der Waals surface area contributed by atoms with Gasteiger partial charge in [-0.05, 0) is 45.6 Å². The maximum absolute atomic E-state index is 5.36. The number of nitrogens with one attached hydrogen (secondary N) is 2.